The molecule has 1 heterocycles. The van der Waals surface area contributed by atoms with Crippen LogP contribution in [0.15, 0.2) is 18.3 Å². The van der Waals surface area contributed by atoms with Crippen molar-refractivity contribution in [3.05, 3.63) is 18.3 Å². The van der Waals surface area contributed by atoms with Gasteiger partial charge in [0, 0.05) is 35.8 Å². The average molecular weight is 267 g/mol. The zero-order valence-electron chi connectivity index (χ0n) is 11.9. The van der Waals surface area contributed by atoms with Gasteiger partial charge in [-0.1, -0.05) is 13.8 Å². The summed E-state index contributed by atoms with van der Waals surface area (Å²) in [6, 6.07) is 4.09. The molecule has 0 fully saturated rings. The second kappa shape index (κ2) is 7.52. The molecule has 1 aromatic rings. The fourth-order valence-electron chi connectivity index (χ4n) is 1.94. The van der Waals surface area contributed by atoms with E-state index < -0.39 is 0 Å². The lowest BCUT2D eigenvalue weighted by atomic mass is 10.0. The highest BCUT2D eigenvalue weighted by atomic mass is 32.2. The summed E-state index contributed by atoms with van der Waals surface area (Å²) in [7, 11) is 0. The number of hydrogen-bond acceptors (Lipinski definition) is 4. The molecule has 0 aliphatic heterocycles. The van der Waals surface area contributed by atoms with Gasteiger partial charge in [-0.15, -0.1) is 0 Å². The first-order valence-corrected chi connectivity index (χ1v) is 7.91. The van der Waals surface area contributed by atoms with E-state index in [-0.39, 0.29) is 0 Å². The molecule has 4 heteroatoms. The minimum Gasteiger partial charge on any atom is -0.383 e. The summed E-state index contributed by atoms with van der Waals surface area (Å²) in [5.74, 6) is 0.935. The maximum Gasteiger partial charge on any atom is 0.127 e. The van der Waals surface area contributed by atoms with Crippen molar-refractivity contribution >= 4 is 23.3 Å². The number of aromatic nitrogens is 1. The van der Waals surface area contributed by atoms with Crippen LogP contribution in [0.1, 0.15) is 33.6 Å². The average Bonchev–Trinajstić information content (AvgIpc) is 2.42. The molecule has 0 aromatic carbocycles. The smallest absolute Gasteiger partial charge is 0.127 e. The summed E-state index contributed by atoms with van der Waals surface area (Å²) < 4.78 is 0.335. The minimum atomic E-state index is 0.335. The van der Waals surface area contributed by atoms with Gasteiger partial charge in [-0.3, -0.25) is 0 Å². The van der Waals surface area contributed by atoms with E-state index in [0.29, 0.717) is 4.75 Å². The Morgan fingerprint density at radius 2 is 1.94 bits per heavy atom. The number of thioether (sulfide) groups is 1. The second-order valence-electron chi connectivity index (χ2n) is 4.41. The summed E-state index contributed by atoms with van der Waals surface area (Å²) in [5.41, 5.74) is 1.14. The monoisotopic (exact) mass is 267 g/mol. The molecule has 0 saturated carbocycles. The number of anilines is 2. The van der Waals surface area contributed by atoms with Crippen molar-refractivity contribution in [2.75, 3.05) is 30.0 Å². The molecule has 0 bridgehead atoms. The number of pyridine rings is 1. The first kappa shape index (κ1) is 15.2. The van der Waals surface area contributed by atoms with Crippen LogP contribution in [0.2, 0.25) is 0 Å². The van der Waals surface area contributed by atoms with E-state index in [1.165, 1.54) is 12.8 Å². The van der Waals surface area contributed by atoms with E-state index in [1.54, 1.807) is 0 Å². The lowest BCUT2D eigenvalue weighted by molar-refractivity contribution is 0.575. The maximum absolute atomic E-state index is 4.28. The van der Waals surface area contributed by atoms with E-state index in [1.807, 2.05) is 24.0 Å². The summed E-state index contributed by atoms with van der Waals surface area (Å²) in [4.78, 5) is 4.28. The van der Waals surface area contributed by atoms with Crippen LogP contribution >= 0.6 is 11.8 Å². The van der Waals surface area contributed by atoms with Gasteiger partial charge < -0.3 is 10.6 Å². The topological polar surface area (TPSA) is 37.0 Å². The van der Waals surface area contributed by atoms with E-state index in [4.69, 9.17) is 0 Å². The molecule has 0 saturated heterocycles. The highest BCUT2D eigenvalue weighted by molar-refractivity contribution is 8.00. The van der Waals surface area contributed by atoms with Crippen LogP contribution in [0.4, 0.5) is 11.5 Å². The molecule has 0 amide bonds. The molecule has 2 N–H and O–H groups in total. The highest BCUT2D eigenvalue weighted by Crippen LogP contribution is 2.30. The van der Waals surface area contributed by atoms with Crippen LogP contribution in [0.3, 0.4) is 0 Å². The van der Waals surface area contributed by atoms with Crippen LogP contribution in [0, 0.1) is 0 Å². The van der Waals surface area contributed by atoms with Crippen molar-refractivity contribution in [3.63, 3.8) is 0 Å². The Balaban J connectivity index is 2.64. The molecule has 0 unspecified atom stereocenters. The lowest BCUT2D eigenvalue weighted by Crippen LogP contribution is -2.32. The Hall–Kier alpha value is -0.900. The molecule has 1 rings (SSSR count). The van der Waals surface area contributed by atoms with Crippen molar-refractivity contribution in [1.29, 1.82) is 0 Å². The van der Waals surface area contributed by atoms with Crippen molar-refractivity contribution in [3.8, 4) is 0 Å². The van der Waals surface area contributed by atoms with E-state index in [2.05, 4.69) is 48.7 Å². The number of nitrogens with one attached hydrogen (secondary N) is 2. The molecule has 0 radical (unpaired) electrons. The summed E-state index contributed by atoms with van der Waals surface area (Å²) in [6.45, 7) is 8.50. The van der Waals surface area contributed by atoms with Crippen LogP contribution in [-0.2, 0) is 0 Å². The number of rotatable bonds is 8. The standard InChI is InChI=1S/C14H25N3S/c1-5-14(6-2,18-4)11-17-12-8-9-16-13(10-12)15-7-3/h8-10H,5-7,11H2,1-4H3,(H2,15,16,17). The van der Waals surface area contributed by atoms with Gasteiger partial charge >= 0.3 is 0 Å². The summed E-state index contributed by atoms with van der Waals surface area (Å²) >= 11 is 1.96. The SMILES string of the molecule is CCNc1cc(NCC(CC)(CC)SC)ccn1. The van der Waals surface area contributed by atoms with Crippen molar-refractivity contribution in [2.45, 2.75) is 38.4 Å². The van der Waals surface area contributed by atoms with E-state index in [9.17, 15) is 0 Å². The Morgan fingerprint density at radius 3 is 2.50 bits per heavy atom. The van der Waals surface area contributed by atoms with Gasteiger partial charge in [0.1, 0.15) is 5.82 Å². The van der Waals surface area contributed by atoms with E-state index >= 15 is 0 Å². The van der Waals surface area contributed by atoms with Gasteiger partial charge in [-0.2, -0.15) is 11.8 Å². The van der Waals surface area contributed by atoms with Gasteiger partial charge in [0.25, 0.3) is 0 Å². The Kier molecular flexibility index (Phi) is 6.33. The molecular weight excluding hydrogens is 242 g/mol. The third kappa shape index (κ3) is 4.09. The van der Waals surface area contributed by atoms with Crippen LogP contribution < -0.4 is 10.6 Å². The van der Waals surface area contributed by atoms with E-state index in [0.717, 1.165) is 24.6 Å². The molecule has 102 valence electrons. The molecule has 0 spiro atoms. The first-order valence-electron chi connectivity index (χ1n) is 6.68. The predicted octanol–water partition coefficient (Wildman–Crippen LogP) is 3.85. The van der Waals surface area contributed by atoms with Crippen LogP contribution in [0.25, 0.3) is 0 Å². The molecule has 1 aromatic heterocycles. The van der Waals surface area contributed by atoms with Gasteiger partial charge in [-0.25, -0.2) is 4.98 Å². The molecule has 0 atom stereocenters. The Morgan fingerprint density at radius 1 is 1.22 bits per heavy atom. The molecule has 3 nitrogen and oxygen atoms in total. The predicted molar refractivity (Wildman–Crippen MR) is 83.7 cm³/mol. The van der Waals surface area contributed by atoms with Gasteiger partial charge in [0.05, 0.1) is 0 Å². The normalized spacial score (nSPS) is 11.3. The highest BCUT2D eigenvalue weighted by Gasteiger charge is 2.24. The Bertz CT molecular complexity index is 342. The molecular formula is C14H25N3S. The third-order valence-corrected chi connectivity index (χ3v) is 5.04. The minimum absolute atomic E-state index is 0.335. The fraction of sp³-hybridized carbons (Fsp3) is 0.643. The van der Waals surface area contributed by atoms with Crippen LogP contribution in [-0.4, -0.2) is 29.1 Å². The quantitative estimate of drug-likeness (QED) is 0.750. The largest absolute Gasteiger partial charge is 0.383 e. The van der Waals surface area contributed by atoms with Crippen LogP contribution in [0.5, 0.6) is 0 Å². The van der Waals surface area contributed by atoms with Gasteiger partial charge in [-0.05, 0) is 32.1 Å². The molecule has 18 heavy (non-hydrogen) atoms. The number of hydrogen-bond donors (Lipinski definition) is 2. The Labute approximate surface area is 115 Å². The number of nitrogens with zero attached hydrogens (tertiary/aromatic N) is 1. The maximum atomic E-state index is 4.28. The second-order valence-corrected chi connectivity index (χ2v) is 5.68. The summed E-state index contributed by atoms with van der Waals surface area (Å²) in [5, 5.41) is 6.77. The zero-order valence-corrected chi connectivity index (χ0v) is 12.7. The summed E-state index contributed by atoms with van der Waals surface area (Å²) in [6.07, 6.45) is 6.41. The zero-order chi connectivity index (χ0) is 13.4. The first-order chi connectivity index (χ1) is 8.69. The fourth-order valence-corrected chi connectivity index (χ4v) is 2.74. The van der Waals surface area contributed by atoms with Crippen molar-refractivity contribution < 1.29 is 0 Å². The van der Waals surface area contributed by atoms with Gasteiger partial charge in [0.15, 0.2) is 0 Å². The van der Waals surface area contributed by atoms with Gasteiger partial charge in [0.2, 0.25) is 0 Å². The molecule has 0 aliphatic carbocycles. The third-order valence-electron chi connectivity index (χ3n) is 3.45. The lowest BCUT2D eigenvalue weighted by Gasteiger charge is -2.30. The van der Waals surface area contributed by atoms with Crippen molar-refractivity contribution in [1.82, 2.24) is 4.98 Å². The molecule has 0 aliphatic rings. The van der Waals surface area contributed by atoms with Crippen molar-refractivity contribution in [2.24, 2.45) is 0 Å².